The fourth-order valence-corrected chi connectivity index (χ4v) is 5.78. The molecule has 2 fully saturated rings. The van der Waals surface area contributed by atoms with Gasteiger partial charge in [0.1, 0.15) is 23.5 Å². The summed E-state index contributed by atoms with van der Waals surface area (Å²) in [5.74, 6) is 0.904. The lowest BCUT2D eigenvalue weighted by Gasteiger charge is -2.66. The number of hydrogen-bond acceptors (Lipinski definition) is 5. The lowest BCUT2D eigenvalue weighted by Crippen LogP contribution is -2.75. The van der Waals surface area contributed by atoms with Gasteiger partial charge in [0.05, 0.1) is 18.6 Å². The number of nitrogens with zero attached hydrogens (tertiary/aromatic N) is 1. The van der Waals surface area contributed by atoms with Crippen molar-refractivity contribution in [3.8, 4) is 5.75 Å². The molecule has 3 aliphatic heterocycles. The molecule has 5 heteroatoms. The molecule has 5 aliphatic rings. The molecule has 6 rings (SSSR count). The summed E-state index contributed by atoms with van der Waals surface area (Å²) in [7, 11) is 0. The average Bonchev–Trinajstić information content (AvgIpc) is 3.04. The van der Waals surface area contributed by atoms with E-state index in [2.05, 4.69) is 49.4 Å². The number of benzene rings is 1. The molecular weight excluding hydrogens is 376 g/mol. The second-order valence-corrected chi connectivity index (χ2v) is 9.03. The molecule has 2 aliphatic carbocycles. The highest BCUT2D eigenvalue weighted by molar-refractivity contribution is 5.81. The summed E-state index contributed by atoms with van der Waals surface area (Å²) in [6, 6.07) is 6.76. The zero-order valence-electron chi connectivity index (χ0n) is 17.2. The summed E-state index contributed by atoms with van der Waals surface area (Å²) in [6.45, 7) is 3.85. The van der Waals surface area contributed by atoms with E-state index in [0.29, 0.717) is 19.8 Å². The second-order valence-electron chi connectivity index (χ2n) is 9.03. The van der Waals surface area contributed by atoms with Crippen molar-refractivity contribution < 1.29 is 14.2 Å². The first-order valence-electron chi connectivity index (χ1n) is 10.7. The van der Waals surface area contributed by atoms with Crippen LogP contribution >= 0.6 is 0 Å². The average molecular weight is 402 g/mol. The first-order chi connectivity index (χ1) is 14.6. The van der Waals surface area contributed by atoms with Gasteiger partial charge < -0.3 is 19.9 Å². The van der Waals surface area contributed by atoms with E-state index < -0.39 is 5.54 Å². The number of amidine groups is 1. The molecule has 2 N–H and O–H groups in total. The van der Waals surface area contributed by atoms with Gasteiger partial charge in [0.15, 0.2) is 0 Å². The molecule has 30 heavy (non-hydrogen) atoms. The molecule has 0 radical (unpaired) electrons. The minimum atomic E-state index is -0.561. The van der Waals surface area contributed by atoms with Gasteiger partial charge in [-0.2, -0.15) is 0 Å². The topological polar surface area (TPSA) is 66.1 Å². The van der Waals surface area contributed by atoms with E-state index in [1.807, 2.05) is 12.2 Å². The van der Waals surface area contributed by atoms with Crippen molar-refractivity contribution >= 4 is 11.6 Å². The van der Waals surface area contributed by atoms with Crippen molar-refractivity contribution in [1.29, 1.82) is 0 Å². The first-order valence-corrected chi connectivity index (χ1v) is 10.7. The minimum Gasteiger partial charge on any atom is -0.486 e. The van der Waals surface area contributed by atoms with Crippen molar-refractivity contribution in [1.82, 2.24) is 0 Å². The van der Waals surface area contributed by atoms with Crippen LogP contribution < -0.4 is 10.5 Å². The summed E-state index contributed by atoms with van der Waals surface area (Å²) in [5.41, 5.74) is 9.68. The van der Waals surface area contributed by atoms with Gasteiger partial charge in [0, 0.05) is 5.56 Å². The zero-order valence-corrected chi connectivity index (χ0v) is 17.2. The number of nitrogens with two attached hydrogens (primary N) is 1. The first kappa shape index (κ1) is 18.0. The van der Waals surface area contributed by atoms with E-state index >= 15 is 0 Å². The Morgan fingerprint density at radius 2 is 1.80 bits per heavy atom. The number of allylic oxidation sites excluding steroid dienone is 8. The molecule has 0 aromatic heterocycles. The highest BCUT2D eigenvalue weighted by Crippen LogP contribution is 2.67. The third-order valence-corrected chi connectivity index (χ3v) is 7.66. The van der Waals surface area contributed by atoms with Gasteiger partial charge in [-0.1, -0.05) is 42.5 Å². The summed E-state index contributed by atoms with van der Waals surface area (Å²) in [4.78, 5) is 4.97. The molecule has 1 saturated carbocycles. The van der Waals surface area contributed by atoms with Crippen LogP contribution in [-0.2, 0) is 15.0 Å². The van der Waals surface area contributed by atoms with Crippen molar-refractivity contribution in [2.24, 2.45) is 16.1 Å². The van der Waals surface area contributed by atoms with Gasteiger partial charge in [-0.3, -0.25) is 0 Å². The molecule has 1 unspecified atom stereocenters. The minimum absolute atomic E-state index is 0.228. The number of fused-ring (bicyclic) bond motifs is 4. The number of hydrogen-bond donors (Lipinski definition) is 1. The van der Waals surface area contributed by atoms with Crippen LogP contribution in [0.3, 0.4) is 0 Å². The van der Waals surface area contributed by atoms with Crippen LogP contribution in [0, 0.1) is 5.41 Å². The summed E-state index contributed by atoms with van der Waals surface area (Å²) in [5, 5.41) is 0. The maximum Gasteiger partial charge on any atom is 0.283 e. The Balaban J connectivity index is 1.56. The van der Waals surface area contributed by atoms with E-state index in [-0.39, 0.29) is 17.0 Å². The predicted octanol–water partition coefficient (Wildman–Crippen LogP) is 4.01. The van der Waals surface area contributed by atoms with Crippen LogP contribution in [0.15, 0.2) is 65.2 Å². The Kier molecular flexibility index (Phi) is 3.67. The van der Waals surface area contributed by atoms with E-state index in [1.165, 1.54) is 17.6 Å². The van der Waals surface area contributed by atoms with Crippen molar-refractivity contribution in [2.45, 2.75) is 37.3 Å². The predicted molar refractivity (Wildman–Crippen MR) is 116 cm³/mol. The largest absolute Gasteiger partial charge is 0.486 e. The van der Waals surface area contributed by atoms with Gasteiger partial charge in [-0.25, -0.2) is 4.99 Å². The van der Waals surface area contributed by atoms with Gasteiger partial charge in [0.2, 0.25) is 0 Å². The zero-order chi connectivity index (χ0) is 20.4. The lowest BCUT2D eigenvalue weighted by atomic mass is 9.49. The maximum absolute atomic E-state index is 6.74. The Labute approximate surface area is 176 Å². The molecule has 3 spiro atoms. The highest BCUT2D eigenvalue weighted by atomic mass is 16.5. The van der Waals surface area contributed by atoms with E-state index in [9.17, 15) is 0 Å². The molecular formula is C25H26N2O3. The summed E-state index contributed by atoms with van der Waals surface area (Å²) >= 11 is 0. The molecule has 5 nitrogen and oxygen atoms in total. The van der Waals surface area contributed by atoms with Crippen LogP contribution in [-0.4, -0.2) is 31.4 Å². The standard InChI is InChI=1S/C25H26N2O3/c1-17-7-4-2-3-5-8-19(17)18-9-10-21-20(13-18)25(16-29-22(26)27-25)23(14-28-15-23)24(30-21)11-6-12-24/h2-5,7-10,13H,6,11-12,14-16H2,1H3,(H2,26,27)/b3-2+,4-2?,5-3?,7-4?,8-5-,17-7?,19-8?,19-17?. The fourth-order valence-electron chi connectivity index (χ4n) is 5.78. The summed E-state index contributed by atoms with van der Waals surface area (Å²) in [6.07, 6.45) is 15.7. The Hall–Kier alpha value is -2.79. The molecule has 1 atom stereocenters. The maximum atomic E-state index is 6.74. The van der Waals surface area contributed by atoms with Crippen LogP contribution in [0.25, 0.3) is 5.57 Å². The fraction of sp³-hybridized carbons (Fsp3) is 0.400. The smallest absolute Gasteiger partial charge is 0.283 e. The molecule has 1 saturated heterocycles. The lowest BCUT2D eigenvalue weighted by molar-refractivity contribution is -0.281. The molecule has 154 valence electrons. The van der Waals surface area contributed by atoms with Crippen molar-refractivity contribution in [3.63, 3.8) is 0 Å². The highest BCUT2D eigenvalue weighted by Gasteiger charge is 2.75. The van der Waals surface area contributed by atoms with Gasteiger partial charge in [-0.05, 0) is 55.0 Å². The monoisotopic (exact) mass is 402 g/mol. The normalized spacial score (nSPS) is 31.7. The van der Waals surface area contributed by atoms with Crippen LogP contribution in [0.5, 0.6) is 5.75 Å². The van der Waals surface area contributed by atoms with Crippen molar-refractivity contribution in [2.75, 3.05) is 19.8 Å². The Morgan fingerprint density at radius 1 is 1.00 bits per heavy atom. The van der Waals surface area contributed by atoms with E-state index in [0.717, 1.165) is 29.7 Å². The Morgan fingerprint density at radius 3 is 2.43 bits per heavy atom. The van der Waals surface area contributed by atoms with E-state index in [1.54, 1.807) is 0 Å². The van der Waals surface area contributed by atoms with Gasteiger partial charge >= 0.3 is 0 Å². The molecule has 1 aromatic rings. The molecule has 1 aromatic carbocycles. The summed E-state index contributed by atoms with van der Waals surface area (Å²) < 4.78 is 18.3. The number of aliphatic imine (C=N–C) groups is 1. The van der Waals surface area contributed by atoms with Gasteiger partial charge in [0.25, 0.3) is 6.02 Å². The SMILES string of the molecule is CC1=C(c2ccc3c(c2)C2(COC(N)=N2)C2(COC2)C2(CCC2)O3)/C=C\C=C\C=C1. The second kappa shape index (κ2) is 6.11. The number of ether oxygens (including phenoxy) is 3. The van der Waals surface area contributed by atoms with E-state index in [4.69, 9.17) is 24.9 Å². The van der Waals surface area contributed by atoms with Crippen LogP contribution in [0.2, 0.25) is 0 Å². The number of rotatable bonds is 1. The van der Waals surface area contributed by atoms with Crippen LogP contribution in [0.4, 0.5) is 0 Å². The van der Waals surface area contributed by atoms with Gasteiger partial charge in [-0.15, -0.1) is 0 Å². The molecule has 0 amide bonds. The Bertz CT molecular complexity index is 1070. The molecule has 0 bridgehead atoms. The molecule has 3 heterocycles. The third kappa shape index (κ3) is 2.13. The van der Waals surface area contributed by atoms with Crippen LogP contribution in [0.1, 0.15) is 37.3 Å². The third-order valence-electron chi connectivity index (χ3n) is 7.66. The van der Waals surface area contributed by atoms with Crippen molar-refractivity contribution in [3.05, 3.63) is 71.4 Å². The quantitative estimate of drug-likeness (QED) is 0.771.